The van der Waals surface area contributed by atoms with Crippen LogP contribution in [-0.4, -0.2) is 12.5 Å². The highest BCUT2D eigenvalue weighted by molar-refractivity contribution is 5.97. The minimum Gasteiger partial charge on any atom is -0.423 e. The van der Waals surface area contributed by atoms with Gasteiger partial charge >= 0.3 is 5.63 Å². The number of amides is 1. The molecule has 1 atom stereocenters. The first kappa shape index (κ1) is 11.5. The van der Waals surface area contributed by atoms with Crippen LogP contribution in [0.4, 0.5) is 5.69 Å². The van der Waals surface area contributed by atoms with E-state index in [9.17, 15) is 9.59 Å². The number of nitrogens with zero attached hydrogens (tertiary/aromatic N) is 1. The second-order valence-electron chi connectivity index (χ2n) is 4.55. The fourth-order valence-corrected chi connectivity index (χ4v) is 2.30. The highest BCUT2D eigenvalue weighted by Gasteiger charge is 2.29. The number of anilines is 1. The Morgan fingerprint density at radius 3 is 2.84 bits per heavy atom. The van der Waals surface area contributed by atoms with Crippen molar-refractivity contribution in [1.29, 1.82) is 0 Å². The Hall–Kier alpha value is -2.54. The normalized spacial score (nSPS) is 18.8. The summed E-state index contributed by atoms with van der Waals surface area (Å²) in [5, 5.41) is 0.786. The fourth-order valence-electron chi connectivity index (χ4n) is 2.30. The lowest BCUT2D eigenvalue weighted by Gasteiger charge is -2.16. The topological polar surface area (TPSA) is 50.5 Å². The van der Waals surface area contributed by atoms with Crippen LogP contribution in [0.1, 0.15) is 6.42 Å². The number of rotatable bonds is 1. The Morgan fingerprint density at radius 2 is 2.11 bits per heavy atom. The van der Waals surface area contributed by atoms with Gasteiger partial charge in [0, 0.05) is 36.0 Å². The number of fused-ring (bicyclic) bond motifs is 1. The van der Waals surface area contributed by atoms with Gasteiger partial charge in [-0.2, -0.15) is 0 Å². The van der Waals surface area contributed by atoms with Crippen LogP contribution in [0.5, 0.6) is 0 Å². The molecule has 1 saturated heterocycles. The van der Waals surface area contributed by atoms with E-state index in [0.29, 0.717) is 18.5 Å². The van der Waals surface area contributed by atoms with Crippen LogP contribution in [0.3, 0.4) is 0 Å². The van der Waals surface area contributed by atoms with Crippen LogP contribution >= 0.6 is 0 Å². The van der Waals surface area contributed by atoms with Crippen LogP contribution < -0.4 is 10.5 Å². The summed E-state index contributed by atoms with van der Waals surface area (Å²) in [5.41, 5.74) is 0.908. The molecular weight excluding hydrogens is 242 g/mol. The first-order chi connectivity index (χ1) is 9.17. The SMILES string of the molecule is C#CC1CC(=O)N(c2ccc3oc(=O)ccc3c2)C1. The zero-order valence-electron chi connectivity index (χ0n) is 10.1. The fraction of sp³-hybridized carbons (Fsp3) is 0.200. The molecule has 3 rings (SSSR count). The van der Waals surface area contributed by atoms with Crippen molar-refractivity contribution in [2.45, 2.75) is 6.42 Å². The zero-order chi connectivity index (χ0) is 13.4. The van der Waals surface area contributed by atoms with Crippen molar-refractivity contribution in [2.75, 3.05) is 11.4 Å². The van der Waals surface area contributed by atoms with Crippen molar-refractivity contribution in [2.24, 2.45) is 5.92 Å². The first-order valence-electron chi connectivity index (χ1n) is 5.98. The molecule has 1 aliphatic rings. The third-order valence-corrected chi connectivity index (χ3v) is 3.28. The molecule has 1 unspecified atom stereocenters. The van der Waals surface area contributed by atoms with Gasteiger partial charge in [-0.25, -0.2) is 4.79 Å². The molecule has 0 saturated carbocycles. The van der Waals surface area contributed by atoms with E-state index in [2.05, 4.69) is 5.92 Å². The quantitative estimate of drug-likeness (QED) is 0.575. The average Bonchev–Trinajstić information content (AvgIpc) is 2.79. The van der Waals surface area contributed by atoms with E-state index < -0.39 is 0 Å². The van der Waals surface area contributed by atoms with Crippen molar-refractivity contribution in [3.8, 4) is 12.3 Å². The van der Waals surface area contributed by atoms with Crippen molar-refractivity contribution < 1.29 is 9.21 Å². The van der Waals surface area contributed by atoms with Crippen molar-refractivity contribution in [3.05, 3.63) is 40.8 Å². The zero-order valence-corrected chi connectivity index (χ0v) is 10.1. The summed E-state index contributed by atoms with van der Waals surface area (Å²) in [6.45, 7) is 0.539. The number of hydrogen-bond acceptors (Lipinski definition) is 3. The number of carbonyl (C=O) groups is 1. The molecule has 0 aliphatic carbocycles. The molecule has 0 bridgehead atoms. The van der Waals surface area contributed by atoms with E-state index in [1.54, 1.807) is 23.1 Å². The van der Waals surface area contributed by atoms with Gasteiger partial charge in [-0.1, -0.05) is 0 Å². The Labute approximate surface area is 109 Å². The molecule has 1 aromatic heterocycles. The molecule has 4 heteroatoms. The van der Waals surface area contributed by atoms with Gasteiger partial charge < -0.3 is 9.32 Å². The van der Waals surface area contributed by atoms with E-state index in [4.69, 9.17) is 10.8 Å². The van der Waals surface area contributed by atoms with Crippen molar-refractivity contribution in [3.63, 3.8) is 0 Å². The smallest absolute Gasteiger partial charge is 0.336 e. The molecule has 0 spiro atoms. The largest absolute Gasteiger partial charge is 0.423 e. The molecule has 1 amide bonds. The maximum Gasteiger partial charge on any atom is 0.336 e. The van der Waals surface area contributed by atoms with Gasteiger partial charge in [0.25, 0.3) is 0 Å². The molecule has 4 nitrogen and oxygen atoms in total. The van der Waals surface area contributed by atoms with E-state index in [1.807, 2.05) is 6.07 Å². The number of hydrogen-bond donors (Lipinski definition) is 0. The summed E-state index contributed by atoms with van der Waals surface area (Å²) >= 11 is 0. The minimum absolute atomic E-state index is 0.0275. The first-order valence-corrected chi connectivity index (χ1v) is 5.98. The summed E-state index contributed by atoms with van der Waals surface area (Å²) in [6.07, 6.45) is 5.75. The summed E-state index contributed by atoms with van der Waals surface area (Å²) in [6, 6.07) is 8.34. The Kier molecular flexibility index (Phi) is 2.60. The van der Waals surface area contributed by atoms with E-state index in [-0.39, 0.29) is 17.5 Å². The van der Waals surface area contributed by atoms with Gasteiger partial charge in [0.2, 0.25) is 5.91 Å². The lowest BCUT2D eigenvalue weighted by Crippen LogP contribution is -2.24. The molecule has 2 heterocycles. The maximum absolute atomic E-state index is 11.9. The second kappa shape index (κ2) is 4.29. The van der Waals surface area contributed by atoms with Crippen LogP contribution in [0.25, 0.3) is 11.0 Å². The van der Waals surface area contributed by atoms with E-state index in [1.165, 1.54) is 6.07 Å². The molecule has 0 radical (unpaired) electrons. The third-order valence-electron chi connectivity index (χ3n) is 3.28. The average molecular weight is 253 g/mol. The van der Waals surface area contributed by atoms with Gasteiger partial charge in [0.1, 0.15) is 5.58 Å². The number of benzene rings is 1. The summed E-state index contributed by atoms with van der Waals surface area (Å²) in [5.74, 6) is 2.61. The molecule has 19 heavy (non-hydrogen) atoms. The Balaban J connectivity index is 2.02. The van der Waals surface area contributed by atoms with Gasteiger partial charge in [-0.05, 0) is 24.3 Å². The van der Waals surface area contributed by atoms with E-state index >= 15 is 0 Å². The molecule has 1 aliphatic heterocycles. The maximum atomic E-state index is 11.9. The number of carbonyl (C=O) groups excluding carboxylic acids is 1. The van der Waals surface area contributed by atoms with Gasteiger partial charge in [-0.3, -0.25) is 4.79 Å². The third kappa shape index (κ3) is 2.00. The van der Waals surface area contributed by atoms with Crippen molar-refractivity contribution in [1.82, 2.24) is 0 Å². The molecule has 1 fully saturated rings. The standard InChI is InChI=1S/C15H11NO3/c1-2-10-7-14(17)16(9-10)12-4-5-13-11(8-12)3-6-15(18)19-13/h1,3-6,8,10H,7,9H2. The van der Waals surface area contributed by atoms with Gasteiger partial charge in [0.15, 0.2) is 0 Å². The van der Waals surface area contributed by atoms with Crippen molar-refractivity contribution >= 4 is 22.6 Å². The summed E-state index contributed by atoms with van der Waals surface area (Å²) in [7, 11) is 0. The summed E-state index contributed by atoms with van der Waals surface area (Å²) < 4.78 is 5.06. The molecule has 2 aromatic rings. The predicted octanol–water partition coefficient (Wildman–Crippen LogP) is 1.78. The number of terminal acetylenes is 1. The van der Waals surface area contributed by atoms with Gasteiger partial charge in [0.05, 0.1) is 0 Å². The highest BCUT2D eigenvalue weighted by atomic mass is 16.4. The van der Waals surface area contributed by atoms with Crippen LogP contribution in [-0.2, 0) is 4.79 Å². The molecule has 0 N–H and O–H groups in total. The van der Waals surface area contributed by atoms with Crippen LogP contribution in [0.2, 0.25) is 0 Å². The minimum atomic E-state index is -0.384. The van der Waals surface area contributed by atoms with E-state index in [0.717, 1.165) is 11.1 Å². The Bertz CT molecular complexity index is 754. The Morgan fingerprint density at radius 1 is 1.26 bits per heavy atom. The molecular formula is C15H11NO3. The highest BCUT2D eigenvalue weighted by Crippen LogP contribution is 2.27. The van der Waals surface area contributed by atoms with Crippen LogP contribution in [0.15, 0.2) is 39.5 Å². The lowest BCUT2D eigenvalue weighted by molar-refractivity contribution is -0.117. The van der Waals surface area contributed by atoms with Gasteiger partial charge in [-0.15, -0.1) is 12.3 Å². The molecule has 1 aromatic carbocycles. The predicted molar refractivity (Wildman–Crippen MR) is 71.8 cm³/mol. The second-order valence-corrected chi connectivity index (χ2v) is 4.55. The monoisotopic (exact) mass is 253 g/mol. The summed E-state index contributed by atoms with van der Waals surface area (Å²) in [4.78, 5) is 24.7. The van der Waals surface area contributed by atoms with Crippen LogP contribution in [0, 0.1) is 18.3 Å². The lowest BCUT2D eigenvalue weighted by atomic mass is 10.1. The molecule has 94 valence electrons.